The molecule has 0 aliphatic rings. The lowest BCUT2D eigenvalue weighted by molar-refractivity contribution is 0.185. The van der Waals surface area contributed by atoms with E-state index in [4.69, 9.17) is 5.11 Å². The minimum Gasteiger partial charge on any atom is -0.393 e. The Bertz CT molecular complexity index is 261. The van der Waals surface area contributed by atoms with Crippen molar-refractivity contribution in [3.63, 3.8) is 0 Å². The van der Waals surface area contributed by atoms with Gasteiger partial charge in [-0.25, -0.2) is 4.39 Å². The van der Waals surface area contributed by atoms with E-state index in [0.29, 0.717) is 6.42 Å². The van der Waals surface area contributed by atoms with Crippen LogP contribution in [0.5, 0.6) is 0 Å². The lowest BCUT2D eigenvalue weighted by Crippen LogP contribution is -2.01. The summed E-state index contributed by atoms with van der Waals surface area (Å²) in [5.74, 6) is -0.194. The molecule has 13 heavy (non-hydrogen) atoms. The van der Waals surface area contributed by atoms with E-state index in [2.05, 4.69) is 0 Å². The molecular weight excluding hydrogens is 167 g/mol. The van der Waals surface area contributed by atoms with E-state index >= 15 is 0 Å². The zero-order valence-electron chi connectivity index (χ0n) is 8.05. The first-order valence-electron chi connectivity index (χ1n) is 4.52. The Morgan fingerprint density at radius 1 is 1.38 bits per heavy atom. The molecule has 1 nitrogen and oxygen atoms in total. The van der Waals surface area contributed by atoms with Crippen LogP contribution in [0.2, 0.25) is 0 Å². The monoisotopic (exact) mass is 182 g/mol. The quantitative estimate of drug-likeness (QED) is 0.761. The Kier molecular flexibility index (Phi) is 3.43. The number of aliphatic hydroxyl groups is 1. The lowest BCUT2D eigenvalue weighted by Gasteiger charge is -2.05. The third-order valence-electron chi connectivity index (χ3n) is 1.95. The number of hydrogen-bond acceptors (Lipinski definition) is 1. The van der Waals surface area contributed by atoms with Gasteiger partial charge in [0.25, 0.3) is 0 Å². The summed E-state index contributed by atoms with van der Waals surface area (Å²) in [5, 5.41) is 9.06. The first-order chi connectivity index (χ1) is 6.08. The highest BCUT2D eigenvalue weighted by molar-refractivity contribution is 5.23. The summed E-state index contributed by atoms with van der Waals surface area (Å²) >= 11 is 0. The fraction of sp³-hybridized carbons (Fsp3) is 0.455. The first-order valence-corrected chi connectivity index (χ1v) is 4.52. The van der Waals surface area contributed by atoms with Crippen LogP contribution in [-0.4, -0.2) is 11.2 Å². The van der Waals surface area contributed by atoms with Gasteiger partial charge in [-0.3, -0.25) is 0 Å². The third kappa shape index (κ3) is 3.55. The van der Waals surface area contributed by atoms with Crippen molar-refractivity contribution >= 4 is 0 Å². The zero-order valence-corrected chi connectivity index (χ0v) is 8.05. The van der Waals surface area contributed by atoms with E-state index in [-0.39, 0.29) is 11.9 Å². The highest BCUT2D eigenvalue weighted by Gasteiger charge is 2.00. The summed E-state index contributed by atoms with van der Waals surface area (Å²) in [4.78, 5) is 0. The van der Waals surface area contributed by atoms with Crippen LogP contribution in [0.4, 0.5) is 4.39 Å². The van der Waals surface area contributed by atoms with Gasteiger partial charge in [0.05, 0.1) is 6.10 Å². The molecule has 1 N–H and O–H groups in total. The van der Waals surface area contributed by atoms with Gasteiger partial charge in [0.2, 0.25) is 0 Å². The molecule has 0 bridgehead atoms. The van der Waals surface area contributed by atoms with Gasteiger partial charge in [-0.2, -0.15) is 0 Å². The topological polar surface area (TPSA) is 20.2 Å². The maximum atomic E-state index is 12.9. The van der Waals surface area contributed by atoms with Crippen molar-refractivity contribution in [2.45, 2.75) is 32.8 Å². The Balaban J connectivity index is 2.66. The van der Waals surface area contributed by atoms with Crippen molar-refractivity contribution in [3.8, 4) is 0 Å². The van der Waals surface area contributed by atoms with Crippen LogP contribution in [0.1, 0.15) is 24.5 Å². The molecule has 0 unspecified atom stereocenters. The van der Waals surface area contributed by atoms with Crippen molar-refractivity contribution < 1.29 is 9.50 Å². The van der Waals surface area contributed by atoms with Crippen LogP contribution >= 0.6 is 0 Å². The SMILES string of the molecule is Cc1cc(F)cc(CC[C@@H](C)O)c1. The predicted molar refractivity (Wildman–Crippen MR) is 51.1 cm³/mol. The molecule has 0 radical (unpaired) electrons. The normalized spacial score (nSPS) is 12.9. The third-order valence-corrected chi connectivity index (χ3v) is 1.95. The molecule has 0 heterocycles. The Morgan fingerprint density at radius 3 is 2.62 bits per heavy atom. The largest absolute Gasteiger partial charge is 0.393 e. The van der Waals surface area contributed by atoms with Gasteiger partial charge in [0, 0.05) is 0 Å². The fourth-order valence-corrected chi connectivity index (χ4v) is 1.33. The summed E-state index contributed by atoms with van der Waals surface area (Å²) in [6, 6.07) is 4.98. The second-order valence-electron chi connectivity index (χ2n) is 3.52. The summed E-state index contributed by atoms with van der Waals surface area (Å²) in [6.45, 7) is 3.61. The Morgan fingerprint density at radius 2 is 2.08 bits per heavy atom. The molecule has 1 atom stereocenters. The average molecular weight is 182 g/mol. The van der Waals surface area contributed by atoms with Crippen LogP contribution in [0, 0.1) is 12.7 Å². The smallest absolute Gasteiger partial charge is 0.123 e. The van der Waals surface area contributed by atoms with Crippen LogP contribution in [0.3, 0.4) is 0 Å². The number of aryl methyl sites for hydroxylation is 2. The van der Waals surface area contributed by atoms with E-state index < -0.39 is 0 Å². The average Bonchev–Trinajstić information content (AvgIpc) is 1.99. The summed E-state index contributed by atoms with van der Waals surface area (Å²) in [7, 11) is 0. The van der Waals surface area contributed by atoms with E-state index in [1.54, 1.807) is 6.92 Å². The molecule has 0 saturated carbocycles. The van der Waals surface area contributed by atoms with Crippen molar-refractivity contribution in [1.29, 1.82) is 0 Å². The minimum atomic E-state index is -0.316. The molecule has 72 valence electrons. The molecule has 0 fully saturated rings. The molecular formula is C11H15FO. The number of halogens is 1. The van der Waals surface area contributed by atoms with Gasteiger partial charge in [0.1, 0.15) is 5.82 Å². The molecule has 1 rings (SSSR count). The molecule has 0 spiro atoms. The van der Waals surface area contributed by atoms with Gasteiger partial charge in [-0.05, 0) is 49.9 Å². The van der Waals surface area contributed by atoms with Crippen LogP contribution in [-0.2, 0) is 6.42 Å². The maximum absolute atomic E-state index is 12.9. The second-order valence-corrected chi connectivity index (χ2v) is 3.52. The van der Waals surface area contributed by atoms with Gasteiger partial charge < -0.3 is 5.11 Å². The molecule has 0 amide bonds. The van der Waals surface area contributed by atoms with Gasteiger partial charge in [-0.15, -0.1) is 0 Å². The lowest BCUT2D eigenvalue weighted by atomic mass is 10.1. The molecule has 2 heteroatoms. The predicted octanol–water partition coefficient (Wildman–Crippen LogP) is 2.45. The Labute approximate surface area is 78.2 Å². The maximum Gasteiger partial charge on any atom is 0.123 e. The highest BCUT2D eigenvalue weighted by atomic mass is 19.1. The van der Waals surface area contributed by atoms with Crippen LogP contribution < -0.4 is 0 Å². The molecule has 0 aromatic heterocycles. The van der Waals surface area contributed by atoms with Gasteiger partial charge in [-0.1, -0.05) is 6.07 Å². The standard InChI is InChI=1S/C11H15FO/c1-8-5-10(4-3-9(2)13)7-11(12)6-8/h5-7,9,13H,3-4H2,1-2H3/t9-/m1/s1. The van der Waals surface area contributed by atoms with Crippen molar-refractivity contribution in [1.82, 2.24) is 0 Å². The highest BCUT2D eigenvalue weighted by Crippen LogP contribution is 2.11. The van der Waals surface area contributed by atoms with Crippen LogP contribution in [0.25, 0.3) is 0 Å². The number of aliphatic hydroxyl groups excluding tert-OH is 1. The number of benzene rings is 1. The van der Waals surface area contributed by atoms with E-state index in [1.807, 2.05) is 13.0 Å². The zero-order chi connectivity index (χ0) is 9.84. The number of rotatable bonds is 3. The minimum absolute atomic E-state index is 0.194. The van der Waals surface area contributed by atoms with Crippen molar-refractivity contribution in [3.05, 3.63) is 35.1 Å². The molecule has 1 aromatic rings. The second kappa shape index (κ2) is 4.38. The summed E-state index contributed by atoms with van der Waals surface area (Å²) in [6.07, 6.45) is 1.10. The van der Waals surface area contributed by atoms with E-state index in [1.165, 1.54) is 12.1 Å². The first kappa shape index (κ1) is 10.2. The van der Waals surface area contributed by atoms with Crippen molar-refractivity contribution in [2.24, 2.45) is 0 Å². The Hall–Kier alpha value is -0.890. The fourth-order valence-electron chi connectivity index (χ4n) is 1.33. The summed E-state index contributed by atoms with van der Waals surface area (Å²) in [5.41, 5.74) is 1.89. The van der Waals surface area contributed by atoms with E-state index in [0.717, 1.165) is 17.5 Å². The molecule has 0 aliphatic heterocycles. The molecule has 1 aromatic carbocycles. The molecule has 0 aliphatic carbocycles. The van der Waals surface area contributed by atoms with Gasteiger partial charge in [0.15, 0.2) is 0 Å². The molecule has 0 saturated heterocycles. The number of hydrogen-bond donors (Lipinski definition) is 1. The summed E-state index contributed by atoms with van der Waals surface area (Å²) < 4.78 is 12.9. The van der Waals surface area contributed by atoms with Gasteiger partial charge >= 0.3 is 0 Å². The van der Waals surface area contributed by atoms with Crippen LogP contribution in [0.15, 0.2) is 18.2 Å². The van der Waals surface area contributed by atoms with Crippen molar-refractivity contribution in [2.75, 3.05) is 0 Å². The van der Waals surface area contributed by atoms with E-state index in [9.17, 15) is 4.39 Å².